The van der Waals surface area contributed by atoms with Crippen molar-refractivity contribution in [2.45, 2.75) is 37.3 Å². The van der Waals surface area contributed by atoms with Crippen LogP contribution in [0.3, 0.4) is 0 Å². The van der Waals surface area contributed by atoms with Crippen LogP contribution in [0.1, 0.15) is 25.7 Å². The van der Waals surface area contributed by atoms with E-state index in [0.717, 1.165) is 0 Å². The third-order valence-corrected chi connectivity index (χ3v) is 2.52. The fraction of sp³-hybridized carbons (Fsp3) is 0.545. The first kappa shape index (κ1) is 19.3. The molecule has 11 heteroatoms. The van der Waals surface area contributed by atoms with Gasteiger partial charge < -0.3 is 50.0 Å². The van der Waals surface area contributed by atoms with Crippen molar-refractivity contribution < 1.29 is 49.5 Å². The number of nitrogens with one attached hydrogen (secondary N) is 1. The Balaban J connectivity index is 5.11. The molecule has 0 saturated carbocycles. The van der Waals surface area contributed by atoms with Gasteiger partial charge in [-0.15, -0.1) is 0 Å². The summed E-state index contributed by atoms with van der Waals surface area (Å²) >= 11 is 0. The van der Waals surface area contributed by atoms with E-state index in [1.54, 1.807) is 5.32 Å². The molecule has 0 heterocycles. The molecule has 0 unspecified atom stereocenters. The molecule has 0 aliphatic rings. The van der Waals surface area contributed by atoms with Crippen LogP contribution in [0.2, 0.25) is 0 Å². The second-order valence-electron chi connectivity index (χ2n) is 4.38. The molecule has 1 amide bonds. The zero-order valence-corrected chi connectivity index (χ0v) is 11.0. The highest BCUT2D eigenvalue weighted by Gasteiger charge is 2.37. The molecule has 0 rings (SSSR count). The first-order chi connectivity index (χ1) is 9.97. The fourth-order valence-corrected chi connectivity index (χ4v) is 1.50. The molecule has 0 saturated heterocycles. The molecule has 22 heavy (non-hydrogen) atoms. The van der Waals surface area contributed by atoms with Crippen LogP contribution in [-0.2, 0) is 24.0 Å². The van der Waals surface area contributed by atoms with Gasteiger partial charge in [0.05, 0.1) is 12.0 Å². The molecule has 11 nitrogen and oxygen atoms in total. The predicted octanol–water partition coefficient (Wildman–Crippen LogP) is -7.24. The molecular weight excluding hydrogens is 306 g/mol. The van der Waals surface area contributed by atoms with E-state index in [-0.39, 0.29) is 0 Å². The molecule has 0 aliphatic heterocycles. The first-order valence-electron chi connectivity index (χ1n) is 5.81. The number of rotatable bonds is 10. The van der Waals surface area contributed by atoms with Crippen molar-refractivity contribution >= 4 is 29.8 Å². The second kappa shape index (κ2) is 7.93. The van der Waals surface area contributed by atoms with E-state index in [4.69, 9.17) is 0 Å². The molecule has 0 aromatic heterocycles. The van der Waals surface area contributed by atoms with Crippen molar-refractivity contribution in [2.24, 2.45) is 0 Å². The zero-order chi connectivity index (χ0) is 17.5. The maximum Gasteiger partial charge on any atom is 0.253 e. The van der Waals surface area contributed by atoms with Crippen molar-refractivity contribution in [3.8, 4) is 0 Å². The van der Waals surface area contributed by atoms with E-state index >= 15 is 0 Å². The van der Waals surface area contributed by atoms with Gasteiger partial charge in [0.15, 0.2) is 5.60 Å². The predicted molar refractivity (Wildman–Crippen MR) is 55.4 cm³/mol. The lowest BCUT2D eigenvalue weighted by molar-refractivity contribution is -0.314. The zero-order valence-electron chi connectivity index (χ0n) is 11.0. The lowest BCUT2D eigenvalue weighted by Gasteiger charge is -2.30. The van der Waals surface area contributed by atoms with Crippen molar-refractivity contribution in [2.75, 3.05) is 0 Å². The maximum atomic E-state index is 11.7. The molecule has 0 spiro atoms. The summed E-state index contributed by atoms with van der Waals surface area (Å²) < 4.78 is 0. The van der Waals surface area contributed by atoms with E-state index in [9.17, 15) is 49.5 Å². The summed E-state index contributed by atoms with van der Waals surface area (Å²) in [5.74, 6) is -9.15. The summed E-state index contributed by atoms with van der Waals surface area (Å²) in [6.07, 6.45) is -4.33. The molecule has 0 bridgehead atoms. The number of carbonyl (C=O) groups is 5. The quantitative estimate of drug-likeness (QED) is 0.388. The molecule has 0 aromatic carbocycles. The number of hydrogen-bond acceptors (Lipinski definition) is 10. The lowest BCUT2D eigenvalue weighted by atomic mass is 9.93. The van der Waals surface area contributed by atoms with Crippen LogP contribution in [-0.4, -0.2) is 46.5 Å². The number of carboxylic acids is 4. The largest absolute Gasteiger partial charge is 0.550 e. The van der Waals surface area contributed by atoms with Crippen molar-refractivity contribution in [1.82, 2.24) is 5.32 Å². The molecular formula is C11H11NO10-4. The van der Waals surface area contributed by atoms with Gasteiger partial charge in [-0.1, -0.05) is 0 Å². The topological polar surface area (TPSA) is 210 Å². The van der Waals surface area contributed by atoms with Gasteiger partial charge in [0.1, 0.15) is 0 Å². The van der Waals surface area contributed by atoms with Crippen molar-refractivity contribution in [3.63, 3.8) is 0 Å². The highest BCUT2D eigenvalue weighted by molar-refractivity contribution is 5.94. The highest BCUT2D eigenvalue weighted by Crippen LogP contribution is 2.16. The number of aliphatic carboxylic acids is 4. The smallest absolute Gasteiger partial charge is 0.253 e. The monoisotopic (exact) mass is 317 g/mol. The normalized spacial score (nSPS) is 12.2. The maximum absolute atomic E-state index is 11.7. The van der Waals surface area contributed by atoms with Gasteiger partial charge in [-0.2, -0.15) is 0 Å². The Hall–Kier alpha value is -2.69. The second-order valence-corrected chi connectivity index (χ2v) is 4.38. The summed E-state index contributed by atoms with van der Waals surface area (Å²) in [7, 11) is 0. The minimum Gasteiger partial charge on any atom is -0.550 e. The molecule has 0 fully saturated rings. The SMILES string of the molecule is O=C([O-])CC[C@H](NC(=O)C(O)(CC(=O)[O-])CC(=O)[O-])C(=O)[O-]. The van der Waals surface area contributed by atoms with Gasteiger partial charge in [-0.3, -0.25) is 4.79 Å². The van der Waals surface area contributed by atoms with Crippen LogP contribution in [0, 0.1) is 0 Å². The van der Waals surface area contributed by atoms with E-state index in [1.807, 2.05) is 0 Å². The summed E-state index contributed by atoms with van der Waals surface area (Å²) in [5, 5.41) is 53.2. The van der Waals surface area contributed by atoms with Crippen molar-refractivity contribution in [3.05, 3.63) is 0 Å². The van der Waals surface area contributed by atoms with Gasteiger partial charge in [0.25, 0.3) is 5.91 Å². The van der Waals surface area contributed by atoms with E-state index in [1.165, 1.54) is 0 Å². The van der Waals surface area contributed by atoms with Crippen LogP contribution in [0.5, 0.6) is 0 Å². The van der Waals surface area contributed by atoms with E-state index < -0.39 is 67.1 Å². The molecule has 0 radical (unpaired) electrons. The number of carbonyl (C=O) groups excluding carboxylic acids is 5. The Labute approximate surface area is 123 Å². The Morgan fingerprint density at radius 3 is 1.68 bits per heavy atom. The summed E-state index contributed by atoms with van der Waals surface area (Å²) in [6.45, 7) is 0. The van der Waals surface area contributed by atoms with Gasteiger partial charge in [0, 0.05) is 30.7 Å². The van der Waals surface area contributed by atoms with Gasteiger partial charge in [-0.25, -0.2) is 0 Å². The van der Waals surface area contributed by atoms with Crippen LogP contribution in [0.4, 0.5) is 0 Å². The minimum atomic E-state index is -3.02. The summed E-state index contributed by atoms with van der Waals surface area (Å²) in [5.41, 5.74) is -3.02. The minimum absolute atomic E-state index is 0.677. The Morgan fingerprint density at radius 2 is 1.36 bits per heavy atom. The Morgan fingerprint density at radius 1 is 0.909 bits per heavy atom. The summed E-state index contributed by atoms with van der Waals surface area (Å²) in [6, 6.07) is -1.90. The van der Waals surface area contributed by atoms with Gasteiger partial charge in [-0.05, 0) is 12.8 Å². The van der Waals surface area contributed by atoms with E-state index in [0.29, 0.717) is 0 Å². The van der Waals surface area contributed by atoms with E-state index in [2.05, 4.69) is 0 Å². The average molecular weight is 317 g/mol. The number of amides is 1. The third-order valence-electron chi connectivity index (χ3n) is 2.52. The van der Waals surface area contributed by atoms with Crippen LogP contribution in [0.15, 0.2) is 0 Å². The number of hydrogen-bond donors (Lipinski definition) is 2. The van der Waals surface area contributed by atoms with Crippen LogP contribution in [0.25, 0.3) is 0 Å². The molecule has 124 valence electrons. The third kappa shape index (κ3) is 6.65. The van der Waals surface area contributed by atoms with Crippen LogP contribution >= 0.6 is 0 Å². The molecule has 0 aliphatic carbocycles. The average Bonchev–Trinajstić information content (AvgIpc) is 2.31. The van der Waals surface area contributed by atoms with Crippen molar-refractivity contribution in [1.29, 1.82) is 0 Å². The number of aliphatic hydroxyl groups is 1. The first-order valence-corrected chi connectivity index (χ1v) is 5.81. The number of carboxylic acid groups (broad SMARTS) is 4. The molecule has 1 atom stereocenters. The fourth-order valence-electron chi connectivity index (χ4n) is 1.50. The molecule has 2 N–H and O–H groups in total. The Kier molecular flexibility index (Phi) is 6.96. The van der Waals surface area contributed by atoms with Gasteiger partial charge in [0.2, 0.25) is 0 Å². The standard InChI is InChI=1S/C11H15NO10/c13-6(14)2-1-5(9(19)20)12-10(21)11(22,3-7(15)16)4-8(17)18/h5,22H,1-4H2,(H,12,21)(H,13,14)(H,15,16)(H,17,18)(H,19,20)/p-4/t5-/m0/s1. The Bertz CT molecular complexity index is 469. The van der Waals surface area contributed by atoms with Crippen LogP contribution < -0.4 is 25.7 Å². The molecule has 0 aromatic rings. The van der Waals surface area contributed by atoms with Gasteiger partial charge >= 0.3 is 0 Å². The lowest BCUT2D eigenvalue weighted by Crippen LogP contribution is -2.58. The summed E-state index contributed by atoms with van der Waals surface area (Å²) in [4.78, 5) is 53.6. The highest BCUT2D eigenvalue weighted by atomic mass is 16.4.